The SMILES string of the molecule is CC1(CC2CCCO2)OCC(CC(=O)O)O1. The Morgan fingerprint density at radius 2 is 2.31 bits per heavy atom. The highest BCUT2D eigenvalue weighted by Gasteiger charge is 2.40. The highest BCUT2D eigenvalue weighted by molar-refractivity contribution is 5.67. The molecule has 2 saturated heterocycles. The van der Waals surface area contributed by atoms with E-state index in [2.05, 4.69) is 0 Å². The molecule has 2 aliphatic heterocycles. The summed E-state index contributed by atoms with van der Waals surface area (Å²) >= 11 is 0. The molecule has 0 bridgehead atoms. The van der Waals surface area contributed by atoms with Gasteiger partial charge in [0.05, 0.1) is 25.2 Å². The summed E-state index contributed by atoms with van der Waals surface area (Å²) in [6.07, 6.45) is 2.66. The maximum Gasteiger partial charge on any atom is 0.306 e. The first-order valence-corrected chi connectivity index (χ1v) is 5.72. The number of carbonyl (C=O) groups is 1. The Bertz CT molecular complexity index is 261. The van der Waals surface area contributed by atoms with Crippen molar-refractivity contribution in [1.82, 2.24) is 0 Å². The van der Waals surface area contributed by atoms with Crippen LogP contribution >= 0.6 is 0 Å². The van der Waals surface area contributed by atoms with Crippen LogP contribution in [0.3, 0.4) is 0 Å². The molecule has 3 unspecified atom stereocenters. The van der Waals surface area contributed by atoms with Crippen LogP contribution < -0.4 is 0 Å². The Morgan fingerprint density at radius 1 is 1.50 bits per heavy atom. The zero-order valence-electron chi connectivity index (χ0n) is 9.48. The standard InChI is InChI=1S/C11H18O5/c1-11(6-8-3-2-4-14-8)15-7-9(16-11)5-10(12)13/h8-9H,2-7H2,1H3,(H,12,13). The van der Waals surface area contributed by atoms with E-state index < -0.39 is 11.8 Å². The first-order chi connectivity index (χ1) is 7.57. The maximum atomic E-state index is 10.6. The minimum absolute atomic E-state index is 0.00110. The van der Waals surface area contributed by atoms with E-state index >= 15 is 0 Å². The molecule has 0 radical (unpaired) electrons. The third kappa shape index (κ3) is 2.93. The number of rotatable bonds is 4. The summed E-state index contributed by atoms with van der Waals surface area (Å²) in [4.78, 5) is 10.6. The van der Waals surface area contributed by atoms with Gasteiger partial charge in [-0.1, -0.05) is 0 Å². The fraction of sp³-hybridized carbons (Fsp3) is 0.909. The van der Waals surface area contributed by atoms with E-state index in [1.54, 1.807) is 0 Å². The van der Waals surface area contributed by atoms with E-state index in [0.29, 0.717) is 13.0 Å². The normalized spacial score (nSPS) is 39.1. The second-order valence-electron chi connectivity index (χ2n) is 4.62. The fourth-order valence-corrected chi connectivity index (χ4v) is 2.31. The van der Waals surface area contributed by atoms with E-state index in [1.165, 1.54) is 0 Å². The van der Waals surface area contributed by atoms with Crippen molar-refractivity contribution in [1.29, 1.82) is 0 Å². The van der Waals surface area contributed by atoms with Crippen LogP contribution in [0.2, 0.25) is 0 Å². The third-order valence-electron chi connectivity index (χ3n) is 3.02. The molecule has 0 aromatic carbocycles. The molecule has 1 N–H and O–H groups in total. The van der Waals surface area contributed by atoms with Gasteiger partial charge < -0.3 is 19.3 Å². The summed E-state index contributed by atoms with van der Waals surface area (Å²) < 4.78 is 16.7. The Morgan fingerprint density at radius 3 is 2.94 bits per heavy atom. The van der Waals surface area contributed by atoms with E-state index in [1.807, 2.05) is 6.92 Å². The highest BCUT2D eigenvalue weighted by atomic mass is 16.7. The number of carboxylic acids is 1. The summed E-state index contributed by atoms with van der Waals surface area (Å²) in [6.45, 7) is 3.02. The van der Waals surface area contributed by atoms with Crippen molar-refractivity contribution >= 4 is 5.97 Å². The number of hydrogen-bond acceptors (Lipinski definition) is 4. The second-order valence-corrected chi connectivity index (χ2v) is 4.62. The lowest BCUT2D eigenvalue weighted by atomic mass is 10.1. The molecule has 16 heavy (non-hydrogen) atoms. The number of ether oxygens (including phenoxy) is 3. The number of carboxylic acid groups (broad SMARTS) is 1. The molecule has 2 fully saturated rings. The van der Waals surface area contributed by atoms with Crippen LogP contribution in [-0.4, -0.2) is 42.3 Å². The average Bonchev–Trinajstić information content (AvgIpc) is 2.76. The molecule has 5 nitrogen and oxygen atoms in total. The Labute approximate surface area is 94.7 Å². The lowest BCUT2D eigenvalue weighted by molar-refractivity contribution is -0.176. The van der Waals surface area contributed by atoms with Gasteiger partial charge in [0.15, 0.2) is 5.79 Å². The fourth-order valence-electron chi connectivity index (χ4n) is 2.31. The second kappa shape index (κ2) is 4.69. The highest BCUT2D eigenvalue weighted by Crippen LogP contribution is 2.32. The molecule has 2 heterocycles. The summed E-state index contributed by atoms with van der Waals surface area (Å²) in [5.74, 6) is -1.52. The molecule has 2 aliphatic rings. The molecule has 0 spiro atoms. The molecular formula is C11H18O5. The Hall–Kier alpha value is -0.650. The zero-order chi connectivity index (χ0) is 11.6. The van der Waals surface area contributed by atoms with Gasteiger partial charge in [-0.15, -0.1) is 0 Å². The first-order valence-electron chi connectivity index (χ1n) is 5.72. The third-order valence-corrected chi connectivity index (χ3v) is 3.02. The smallest absolute Gasteiger partial charge is 0.306 e. The van der Waals surface area contributed by atoms with Crippen molar-refractivity contribution < 1.29 is 24.1 Å². The molecule has 0 aromatic heterocycles. The molecular weight excluding hydrogens is 212 g/mol. The quantitative estimate of drug-likeness (QED) is 0.785. The van der Waals surface area contributed by atoms with Gasteiger partial charge in [-0.3, -0.25) is 4.79 Å². The van der Waals surface area contributed by atoms with Crippen LogP contribution in [-0.2, 0) is 19.0 Å². The molecule has 0 saturated carbocycles. The zero-order valence-corrected chi connectivity index (χ0v) is 9.48. The summed E-state index contributed by atoms with van der Waals surface area (Å²) in [6, 6.07) is 0. The van der Waals surface area contributed by atoms with Gasteiger partial charge in [0.2, 0.25) is 0 Å². The minimum Gasteiger partial charge on any atom is -0.481 e. The average molecular weight is 230 g/mol. The van der Waals surface area contributed by atoms with Crippen molar-refractivity contribution in [2.24, 2.45) is 0 Å². The van der Waals surface area contributed by atoms with Crippen LogP contribution in [0.15, 0.2) is 0 Å². The van der Waals surface area contributed by atoms with Crippen molar-refractivity contribution in [3.8, 4) is 0 Å². The predicted molar refractivity (Wildman–Crippen MR) is 55.1 cm³/mol. The van der Waals surface area contributed by atoms with Crippen LogP contribution in [0.1, 0.15) is 32.6 Å². The molecule has 2 rings (SSSR count). The molecule has 0 amide bonds. The van der Waals surface area contributed by atoms with E-state index in [9.17, 15) is 4.79 Å². The largest absolute Gasteiger partial charge is 0.481 e. The van der Waals surface area contributed by atoms with Gasteiger partial charge in [-0.05, 0) is 19.8 Å². The van der Waals surface area contributed by atoms with Crippen molar-refractivity contribution in [2.45, 2.75) is 50.6 Å². The van der Waals surface area contributed by atoms with Crippen molar-refractivity contribution in [3.63, 3.8) is 0 Å². The lowest BCUT2D eigenvalue weighted by Gasteiger charge is -2.25. The van der Waals surface area contributed by atoms with Crippen molar-refractivity contribution in [3.05, 3.63) is 0 Å². The van der Waals surface area contributed by atoms with E-state index in [-0.39, 0.29) is 18.6 Å². The molecule has 0 aromatic rings. The van der Waals surface area contributed by atoms with Gasteiger partial charge in [0.25, 0.3) is 0 Å². The summed E-state index contributed by atoms with van der Waals surface area (Å²) in [5, 5.41) is 8.67. The van der Waals surface area contributed by atoms with Gasteiger partial charge >= 0.3 is 5.97 Å². The molecule has 5 heteroatoms. The number of aliphatic carboxylic acids is 1. The van der Waals surface area contributed by atoms with E-state index in [0.717, 1.165) is 19.4 Å². The molecule has 0 aliphatic carbocycles. The van der Waals surface area contributed by atoms with Gasteiger partial charge in [-0.25, -0.2) is 0 Å². The minimum atomic E-state index is -0.852. The van der Waals surface area contributed by atoms with Crippen LogP contribution in [0.5, 0.6) is 0 Å². The predicted octanol–water partition coefficient (Wildman–Crippen LogP) is 1.16. The van der Waals surface area contributed by atoms with Gasteiger partial charge in [-0.2, -0.15) is 0 Å². The number of hydrogen-bond donors (Lipinski definition) is 1. The maximum absolute atomic E-state index is 10.6. The van der Waals surface area contributed by atoms with Crippen LogP contribution in [0, 0.1) is 0 Å². The summed E-state index contributed by atoms with van der Waals surface area (Å²) in [5.41, 5.74) is 0. The molecule has 3 atom stereocenters. The topological polar surface area (TPSA) is 65.0 Å². The Balaban J connectivity index is 1.82. The van der Waals surface area contributed by atoms with E-state index in [4.69, 9.17) is 19.3 Å². The monoisotopic (exact) mass is 230 g/mol. The molecule has 92 valence electrons. The van der Waals surface area contributed by atoms with Gasteiger partial charge in [0.1, 0.15) is 0 Å². The first kappa shape index (κ1) is 11.8. The van der Waals surface area contributed by atoms with Crippen molar-refractivity contribution in [2.75, 3.05) is 13.2 Å². The van der Waals surface area contributed by atoms with Gasteiger partial charge in [0, 0.05) is 13.0 Å². The van der Waals surface area contributed by atoms with Crippen LogP contribution in [0.4, 0.5) is 0 Å². The summed E-state index contributed by atoms with van der Waals surface area (Å²) in [7, 11) is 0. The Kier molecular flexibility index (Phi) is 3.47. The van der Waals surface area contributed by atoms with Crippen LogP contribution in [0.25, 0.3) is 0 Å². The lowest BCUT2D eigenvalue weighted by Crippen LogP contribution is -2.32.